The number of benzene rings is 1. The molecule has 0 radical (unpaired) electrons. The molecule has 96 valence electrons. The predicted octanol–water partition coefficient (Wildman–Crippen LogP) is 1.60. The number of fused-ring (bicyclic) bond motifs is 1. The van der Waals surface area contributed by atoms with E-state index in [9.17, 15) is 4.79 Å². The molecule has 0 bridgehead atoms. The van der Waals surface area contributed by atoms with E-state index in [1.54, 1.807) is 26.4 Å². The highest BCUT2D eigenvalue weighted by Crippen LogP contribution is 2.31. The number of nitrogens with one attached hydrogen (secondary N) is 1. The van der Waals surface area contributed by atoms with Crippen molar-refractivity contribution in [3.63, 3.8) is 0 Å². The minimum Gasteiger partial charge on any atom is -0.493 e. The number of aromatic nitrogens is 2. The number of H-pyrrole nitrogens is 1. The molecular formula is C12H14N2O4. The third kappa shape index (κ3) is 2.37. The first-order chi connectivity index (χ1) is 8.63. The summed E-state index contributed by atoms with van der Waals surface area (Å²) in [7, 11) is 3.12. The van der Waals surface area contributed by atoms with Crippen LogP contribution in [0.5, 0.6) is 11.5 Å². The lowest BCUT2D eigenvalue weighted by molar-refractivity contribution is -0.137. The lowest BCUT2D eigenvalue weighted by atomic mass is 10.3. The molecule has 0 aliphatic carbocycles. The van der Waals surface area contributed by atoms with E-state index in [4.69, 9.17) is 14.6 Å². The molecule has 1 aromatic heterocycles. The van der Waals surface area contributed by atoms with Gasteiger partial charge in [0.2, 0.25) is 0 Å². The van der Waals surface area contributed by atoms with Gasteiger partial charge >= 0.3 is 5.97 Å². The summed E-state index contributed by atoms with van der Waals surface area (Å²) in [5.41, 5.74) is 1.53. The maximum atomic E-state index is 10.5. The van der Waals surface area contributed by atoms with Crippen LogP contribution < -0.4 is 9.47 Å². The summed E-state index contributed by atoms with van der Waals surface area (Å²) in [6, 6.07) is 3.54. The van der Waals surface area contributed by atoms with E-state index >= 15 is 0 Å². The maximum absolute atomic E-state index is 10.5. The van der Waals surface area contributed by atoms with Gasteiger partial charge in [-0.1, -0.05) is 0 Å². The van der Waals surface area contributed by atoms with Gasteiger partial charge in [-0.25, -0.2) is 4.98 Å². The van der Waals surface area contributed by atoms with Crippen molar-refractivity contribution in [1.82, 2.24) is 9.97 Å². The van der Waals surface area contributed by atoms with Gasteiger partial charge in [-0.2, -0.15) is 0 Å². The molecule has 6 heteroatoms. The van der Waals surface area contributed by atoms with Gasteiger partial charge in [0.05, 0.1) is 31.7 Å². The Morgan fingerprint density at radius 1 is 1.33 bits per heavy atom. The van der Waals surface area contributed by atoms with E-state index in [0.717, 1.165) is 11.0 Å². The summed E-state index contributed by atoms with van der Waals surface area (Å²) in [6.07, 6.45) is 0.419. The van der Waals surface area contributed by atoms with Gasteiger partial charge in [-0.05, 0) is 0 Å². The number of nitrogens with zero attached hydrogens (tertiary/aromatic N) is 1. The number of rotatable bonds is 5. The van der Waals surface area contributed by atoms with Crippen LogP contribution in [0, 0.1) is 0 Å². The first-order valence-electron chi connectivity index (χ1n) is 5.46. The fourth-order valence-electron chi connectivity index (χ4n) is 1.73. The molecule has 2 aromatic rings. The normalized spacial score (nSPS) is 10.6. The highest BCUT2D eigenvalue weighted by atomic mass is 16.5. The van der Waals surface area contributed by atoms with Crippen molar-refractivity contribution < 1.29 is 19.4 Å². The SMILES string of the molecule is COc1cc2nc(CCC(=O)O)[nH]c2cc1OC. The molecule has 2 rings (SSSR count). The zero-order valence-corrected chi connectivity index (χ0v) is 10.2. The molecule has 0 unspecified atom stereocenters. The van der Waals surface area contributed by atoms with Gasteiger partial charge in [-0.15, -0.1) is 0 Å². The molecule has 1 heterocycles. The molecule has 0 aliphatic heterocycles. The number of aliphatic carboxylic acids is 1. The van der Waals surface area contributed by atoms with E-state index in [0.29, 0.717) is 23.7 Å². The Labute approximate surface area is 104 Å². The van der Waals surface area contributed by atoms with E-state index in [-0.39, 0.29) is 6.42 Å². The summed E-state index contributed by atoms with van der Waals surface area (Å²) in [6.45, 7) is 0. The maximum Gasteiger partial charge on any atom is 0.303 e. The standard InChI is InChI=1S/C12H14N2O4/c1-17-9-5-7-8(6-10(9)18-2)14-11(13-7)3-4-12(15)16/h5-6H,3-4H2,1-2H3,(H,13,14)(H,15,16). The first-order valence-corrected chi connectivity index (χ1v) is 5.46. The zero-order chi connectivity index (χ0) is 13.1. The highest BCUT2D eigenvalue weighted by Gasteiger charge is 2.10. The summed E-state index contributed by atoms with van der Waals surface area (Å²) >= 11 is 0. The van der Waals surface area contributed by atoms with Crippen molar-refractivity contribution in [2.75, 3.05) is 14.2 Å². The summed E-state index contributed by atoms with van der Waals surface area (Å²) in [5, 5.41) is 8.63. The lowest BCUT2D eigenvalue weighted by Crippen LogP contribution is -1.98. The molecule has 18 heavy (non-hydrogen) atoms. The van der Waals surface area contributed by atoms with Crippen LogP contribution in [-0.2, 0) is 11.2 Å². The summed E-state index contributed by atoms with van der Waals surface area (Å²) in [4.78, 5) is 17.9. The number of carboxylic acids is 1. The van der Waals surface area contributed by atoms with Crippen molar-refractivity contribution in [3.8, 4) is 11.5 Å². The minimum absolute atomic E-state index is 0.0497. The van der Waals surface area contributed by atoms with Crippen LogP contribution >= 0.6 is 0 Å². The Morgan fingerprint density at radius 3 is 2.61 bits per heavy atom. The molecule has 0 aliphatic rings. The van der Waals surface area contributed by atoms with Crippen LogP contribution in [0.1, 0.15) is 12.2 Å². The molecular weight excluding hydrogens is 236 g/mol. The van der Waals surface area contributed by atoms with Crippen LogP contribution in [0.15, 0.2) is 12.1 Å². The van der Waals surface area contributed by atoms with Crippen molar-refractivity contribution in [2.45, 2.75) is 12.8 Å². The number of hydrogen-bond donors (Lipinski definition) is 2. The van der Waals surface area contributed by atoms with Crippen molar-refractivity contribution in [2.24, 2.45) is 0 Å². The molecule has 0 spiro atoms. The second-order valence-electron chi connectivity index (χ2n) is 3.80. The molecule has 0 amide bonds. The lowest BCUT2D eigenvalue weighted by Gasteiger charge is -2.06. The number of carbonyl (C=O) groups is 1. The number of aromatic amines is 1. The predicted molar refractivity (Wildman–Crippen MR) is 65.2 cm³/mol. The molecule has 1 aromatic carbocycles. The minimum atomic E-state index is -0.842. The topological polar surface area (TPSA) is 84.4 Å². The van der Waals surface area contributed by atoms with Gasteiger partial charge in [0.25, 0.3) is 0 Å². The number of aryl methyl sites for hydroxylation is 1. The third-order valence-corrected chi connectivity index (χ3v) is 2.61. The number of ether oxygens (including phenoxy) is 2. The van der Waals surface area contributed by atoms with E-state index < -0.39 is 5.97 Å². The molecule has 6 nitrogen and oxygen atoms in total. The Kier molecular flexibility index (Phi) is 3.36. The number of methoxy groups -OCH3 is 2. The molecule has 0 atom stereocenters. The number of hydrogen-bond acceptors (Lipinski definition) is 4. The van der Waals surface area contributed by atoms with Gasteiger partial charge in [0.15, 0.2) is 11.5 Å². The van der Waals surface area contributed by atoms with Crippen molar-refractivity contribution >= 4 is 17.0 Å². The summed E-state index contributed by atoms with van der Waals surface area (Å²) < 4.78 is 10.4. The number of carboxylic acid groups (broad SMARTS) is 1. The summed E-state index contributed by atoms with van der Waals surface area (Å²) in [5.74, 6) is 1.01. The Morgan fingerprint density at radius 2 is 2.00 bits per heavy atom. The fraction of sp³-hybridized carbons (Fsp3) is 0.333. The average molecular weight is 250 g/mol. The first kappa shape index (κ1) is 12.2. The van der Waals surface area contributed by atoms with E-state index in [1.807, 2.05) is 0 Å². The van der Waals surface area contributed by atoms with E-state index in [1.165, 1.54) is 0 Å². The monoisotopic (exact) mass is 250 g/mol. The van der Waals surface area contributed by atoms with Gasteiger partial charge in [0, 0.05) is 18.6 Å². The number of imidazole rings is 1. The molecule has 2 N–H and O–H groups in total. The van der Waals surface area contributed by atoms with Crippen LogP contribution in [0.2, 0.25) is 0 Å². The van der Waals surface area contributed by atoms with Crippen LogP contribution in [0.4, 0.5) is 0 Å². The zero-order valence-electron chi connectivity index (χ0n) is 10.2. The highest BCUT2D eigenvalue weighted by molar-refractivity contribution is 5.80. The molecule has 0 fully saturated rings. The van der Waals surface area contributed by atoms with Gasteiger partial charge in [0.1, 0.15) is 5.82 Å². The van der Waals surface area contributed by atoms with Crippen LogP contribution in [0.25, 0.3) is 11.0 Å². The molecule has 0 saturated heterocycles. The van der Waals surface area contributed by atoms with Crippen LogP contribution in [0.3, 0.4) is 0 Å². The second kappa shape index (κ2) is 4.95. The smallest absolute Gasteiger partial charge is 0.303 e. The van der Waals surface area contributed by atoms with Crippen molar-refractivity contribution in [3.05, 3.63) is 18.0 Å². The van der Waals surface area contributed by atoms with Gasteiger partial charge < -0.3 is 19.6 Å². The van der Waals surface area contributed by atoms with Gasteiger partial charge in [-0.3, -0.25) is 4.79 Å². The Balaban J connectivity index is 2.35. The Hall–Kier alpha value is -2.24. The fourth-order valence-corrected chi connectivity index (χ4v) is 1.73. The average Bonchev–Trinajstić information content (AvgIpc) is 2.76. The van der Waals surface area contributed by atoms with E-state index in [2.05, 4.69) is 9.97 Å². The second-order valence-corrected chi connectivity index (χ2v) is 3.80. The van der Waals surface area contributed by atoms with Crippen LogP contribution in [-0.4, -0.2) is 35.3 Å². The third-order valence-electron chi connectivity index (χ3n) is 2.61. The Bertz CT molecular complexity index is 536. The largest absolute Gasteiger partial charge is 0.493 e. The van der Waals surface area contributed by atoms with Crippen molar-refractivity contribution in [1.29, 1.82) is 0 Å². The quantitative estimate of drug-likeness (QED) is 0.841. The molecule has 0 saturated carbocycles.